The predicted molar refractivity (Wildman–Crippen MR) is 166 cm³/mol. The zero-order chi connectivity index (χ0) is 29.1. The zero-order valence-corrected chi connectivity index (χ0v) is 24.0. The number of hydrogen-bond acceptors (Lipinski definition) is 6. The number of rotatable bonds is 8. The highest BCUT2D eigenvalue weighted by Gasteiger charge is 2.25. The van der Waals surface area contributed by atoms with Crippen molar-refractivity contribution in [3.63, 3.8) is 0 Å². The molecule has 0 aliphatic carbocycles. The number of ether oxygens (including phenoxy) is 1. The van der Waals surface area contributed by atoms with Crippen molar-refractivity contribution in [2.75, 3.05) is 23.4 Å². The number of amides is 2. The maximum absolute atomic E-state index is 13.3. The van der Waals surface area contributed by atoms with Crippen LogP contribution in [0.1, 0.15) is 40.0 Å². The number of aromatic carboxylic acids is 1. The maximum atomic E-state index is 13.3. The molecule has 0 bridgehead atoms. The molecule has 2 amide bonds. The van der Waals surface area contributed by atoms with E-state index >= 15 is 0 Å². The number of hydrogen-bond donors (Lipinski definition) is 2. The van der Waals surface area contributed by atoms with Crippen LogP contribution in [0, 0.1) is 6.92 Å². The van der Waals surface area contributed by atoms with Crippen LogP contribution in [0.5, 0.6) is 5.75 Å². The highest BCUT2D eigenvalue weighted by molar-refractivity contribution is 7.22. The number of pyridine rings is 1. The van der Waals surface area contributed by atoms with E-state index in [9.17, 15) is 14.7 Å². The first-order chi connectivity index (χ1) is 20.4. The lowest BCUT2D eigenvalue weighted by atomic mass is 9.98. The van der Waals surface area contributed by atoms with E-state index in [1.54, 1.807) is 17.0 Å². The second kappa shape index (κ2) is 12.0. The van der Waals surface area contributed by atoms with Crippen molar-refractivity contribution in [1.29, 1.82) is 0 Å². The van der Waals surface area contributed by atoms with Crippen molar-refractivity contribution in [1.82, 2.24) is 9.97 Å². The molecule has 1 aliphatic rings. The summed E-state index contributed by atoms with van der Waals surface area (Å²) in [6.45, 7) is 3.00. The van der Waals surface area contributed by atoms with Gasteiger partial charge < -0.3 is 9.84 Å². The average molecular weight is 579 g/mol. The number of aryl methyl sites for hydroxylation is 3. The van der Waals surface area contributed by atoms with Crippen LogP contribution in [0.4, 0.5) is 15.6 Å². The zero-order valence-electron chi connectivity index (χ0n) is 23.2. The van der Waals surface area contributed by atoms with E-state index in [-0.39, 0.29) is 17.5 Å². The molecule has 6 rings (SSSR count). The monoisotopic (exact) mass is 578 g/mol. The number of carboxylic acids is 1. The minimum atomic E-state index is -1.15. The normalized spacial score (nSPS) is 12.6. The SMILES string of the molecule is Cc1ccc(CCCOc2ccc(-c3ccc4c(c3)N(C(=O)Nc3nc5ccccc5s3)CCC4)nc2C(=O)O)cc1. The highest BCUT2D eigenvalue weighted by atomic mass is 32.1. The third-order valence-corrected chi connectivity index (χ3v) is 8.25. The molecule has 3 heterocycles. The molecular formula is C33H30N4O4S. The third kappa shape index (κ3) is 5.96. The van der Waals surface area contributed by atoms with Crippen LogP contribution in [0.15, 0.2) is 78.9 Å². The molecule has 8 nitrogen and oxygen atoms in total. The number of benzene rings is 3. The molecule has 42 heavy (non-hydrogen) atoms. The molecule has 0 spiro atoms. The summed E-state index contributed by atoms with van der Waals surface area (Å²) in [5.74, 6) is -0.912. The Morgan fingerprint density at radius 2 is 1.86 bits per heavy atom. The summed E-state index contributed by atoms with van der Waals surface area (Å²) in [4.78, 5) is 36.1. The molecule has 0 fully saturated rings. The molecule has 9 heteroatoms. The van der Waals surface area contributed by atoms with Crippen LogP contribution in [0.2, 0.25) is 0 Å². The van der Waals surface area contributed by atoms with Crippen molar-refractivity contribution in [2.45, 2.75) is 32.6 Å². The van der Waals surface area contributed by atoms with E-state index in [0.29, 0.717) is 24.0 Å². The summed E-state index contributed by atoms with van der Waals surface area (Å²) in [6.07, 6.45) is 3.29. The second-order valence-electron chi connectivity index (χ2n) is 10.3. The molecule has 2 aromatic heterocycles. The van der Waals surface area contributed by atoms with Crippen LogP contribution in [0.3, 0.4) is 0 Å². The van der Waals surface area contributed by atoms with Gasteiger partial charge in [-0.2, -0.15) is 0 Å². The van der Waals surface area contributed by atoms with Crippen molar-refractivity contribution in [2.24, 2.45) is 0 Å². The Balaban J connectivity index is 1.18. The Morgan fingerprint density at radius 3 is 2.67 bits per heavy atom. The molecule has 0 radical (unpaired) electrons. The van der Waals surface area contributed by atoms with Gasteiger partial charge in [0.1, 0.15) is 0 Å². The van der Waals surface area contributed by atoms with Gasteiger partial charge in [0.2, 0.25) is 0 Å². The number of carboxylic acid groups (broad SMARTS) is 1. The molecule has 212 valence electrons. The Bertz CT molecular complexity index is 1730. The molecule has 3 aromatic carbocycles. The Labute approximate surface area is 247 Å². The number of carbonyl (C=O) groups is 2. The number of para-hydroxylation sites is 1. The van der Waals surface area contributed by atoms with E-state index in [1.807, 2.05) is 42.5 Å². The molecule has 1 aliphatic heterocycles. The number of urea groups is 1. The van der Waals surface area contributed by atoms with E-state index in [1.165, 1.54) is 22.5 Å². The Kier molecular flexibility index (Phi) is 7.83. The van der Waals surface area contributed by atoms with E-state index < -0.39 is 5.97 Å². The van der Waals surface area contributed by atoms with Crippen LogP contribution in [-0.2, 0) is 12.8 Å². The first-order valence-electron chi connectivity index (χ1n) is 13.9. The first-order valence-corrected chi connectivity index (χ1v) is 14.8. The van der Waals surface area contributed by atoms with Gasteiger partial charge in [-0.1, -0.05) is 65.4 Å². The summed E-state index contributed by atoms with van der Waals surface area (Å²) in [6, 6.07) is 25.1. The number of thiazole rings is 1. The number of anilines is 2. The van der Waals surface area contributed by atoms with Crippen LogP contribution < -0.4 is 15.0 Å². The molecule has 5 aromatic rings. The standard InChI is InChI=1S/C33H30N4O4S/c1-21-10-12-22(13-11-21)6-5-19-41-28-17-16-25(34-30(28)31(38)39)24-15-14-23-7-4-18-37(27(23)20-24)33(40)36-32-35-26-8-2-3-9-29(26)42-32/h2-3,8-17,20H,4-7,18-19H2,1H3,(H,38,39)(H,35,36,40). The summed E-state index contributed by atoms with van der Waals surface area (Å²) < 4.78 is 6.85. The number of aromatic nitrogens is 2. The van der Waals surface area contributed by atoms with Crippen molar-refractivity contribution < 1.29 is 19.4 Å². The highest BCUT2D eigenvalue weighted by Crippen LogP contribution is 2.34. The minimum absolute atomic E-state index is 0.133. The van der Waals surface area contributed by atoms with Gasteiger partial charge in [0.15, 0.2) is 16.6 Å². The van der Waals surface area contributed by atoms with Crippen LogP contribution in [-0.4, -0.2) is 40.2 Å². The van der Waals surface area contributed by atoms with E-state index in [4.69, 9.17) is 4.74 Å². The van der Waals surface area contributed by atoms with Gasteiger partial charge in [0, 0.05) is 17.8 Å². The first kappa shape index (κ1) is 27.4. The lowest BCUT2D eigenvalue weighted by Crippen LogP contribution is -2.38. The topological polar surface area (TPSA) is 105 Å². The lowest BCUT2D eigenvalue weighted by molar-refractivity contribution is 0.0685. The Hall–Kier alpha value is -4.76. The van der Waals surface area contributed by atoms with Gasteiger partial charge in [0.05, 0.1) is 22.5 Å². The third-order valence-electron chi connectivity index (χ3n) is 7.30. The fraction of sp³-hybridized carbons (Fsp3) is 0.212. The molecule has 0 unspecified atom stereocenters. The quantitative estimate of drug-likeness (QED) is 0.186. The van der Waals surface area contributed by atoms with Gasteiger partial charge >= 0.3 is 12.0 Å². The lowest BCUT2D eigenvalue weighted by Gasteiger charge is -2.29. The molecular weight excluding hydrogens is 548 g/mol. The fourth-order valence-corrected chi connectivity index (χ4v) is 5.97. The summed E-state index contributed by atoms with van der Waals surface area (Å²) in [7, 11) is 0. The number of carbonyl (C=O) groups excluding carboxylic acids is 1. The smallest absolute Gasteiger partial charge is 0.358 e. The predicted octanol–water partition coefficient (Wildman–Crippen LogP) is 7.36. The number of fused-ring (bicyclic) bond motifs is 2. The molecule has 2 N–H and O–H groups in total. The minimum Gasteiger partial charge on any atom is -0.491 e. The number of nitrogens with one attached hydrogen (secondary N) is 1. The second-order valence-corrected chi connectivity index (χ2v) is 11.3. The summed E-state index contributed by atoms with van der Waals surface area (Å²) in [5, 5.41) is 13.4. The van der Waals surface area contributed by atoms with Gasteiger partial charge in [-0.05, 0) is 74.1 Å². The summed E-state index contributed by atoms with van der Waals surface area (Å²) in [5.41, 5.74) is 6.20. The Morgan fingerprint density at radius 1 is 1.02 bits per heavy atom. The van der Waals surface area contributed by atoms with E-state index in [2.05, 4.69) is 46.5 Å². The fourth-order valence-electron chi connectivity index (χ4n) is 5.12. The van der Waals surface area contributed by atoms with Gasteiger partial charge in [0.25, 0.3) is 0 Å². The van der Waals surface area contributed by atoms with Gasteiger partial charge in [-0.3, -0.25) is 10.2 Å². The van der Waals surface area contributed by atoms with Gasteiger partial charge in [-0.25, -0.2) is 19.6 Å². The van der Waals surface area contributed by atoms with Gasteiger partial charge in [-0.15, -0.1) is 0 Å². The van der Waals surface area contributed by atoms with Crippen LogP contribution in [0.25, 0.3) is 21.5 Å². The average Bonchev–Trinajstić information content (AvgIpc) is 3.42. The van der Waals surface area contributed by atoms with Crippen molar-refractivity contribution in [3.05, 3.63) is 101 Å². The van der Waals surface area contributed by atoms with Crippen LogP contribution >= 0.6 is 11.3 Å². The molecule has 0 saturated heterocycles. The van der Waals surface area contributed by atoms with E-state index in [0.717, 1.165) is 52.7 Å². The number of nitrogens with zero attached hydrogens (tertiary/aromatic N) is 3. The van der Waals surface area contributed by atoms with Crippen molar-refractivity contribution in [3.8, 4) is 17.0 Å². The summed E-state index contributed by atoms with van der Waals surface area (Å²) >= 11 is 1.44. The maximum Gasteiger partial charge on any atom is 0.358 e. The molecule has 0 atom stereocenters. The molecule has 0 saturated carbocycles. The van der Waals surface area contributed by atoms with Crippen molar-refractivity contribution >= 4 is 44.4 Å². The largest absolute Gasteiger partial charge is 0.491 e.